The summed E-state index contributed by atoms with van der Waals surface area (Å²) in [5.74, 6) is -0.980. The topological polar surface area (TPSA) is 95.7 Å². The summed E-state index contributed by atoms with van der Waals surface area (Å²) in [6.07, 6.45) is 0. The van der Waals surface area contributed by atoms with E-state index in [0.29, 0.717) is 10.0 Å². The number of methoxy groups -OCH3 is 1. The molecule has 2 aromatic carbocycles. The van der Waals surface area contributed by atoms with Gasteiger partial charge in [-0.1, -0.05) is 0 Å². The van der Waals surface area contributed by atoms with Gasteiger partial charge in [0.05, 0.1) is 27.6 Å². The Morgan fingerprint density at radius 1 is 1.04 bits per heavy atom. The van der Waals surface area contributed by atoms with Crippen LogP contribution in [0.15, 0.2) is 46.9 Å². The molecule has 0 saturated heterocycles. The number of nitro benzene ring substituents is 1. The largest absolute Gasteiger partial charge is 0.465 e. The molecule has 0 radical (unpaired) electrons. The molecule has 23 heavy (non-hydrogen) atoms. The lowest BCUT2D eigenvalue weighted by Crippen LogP contribution is -2.09. The van der Waals surface area contributed by atoms with Gasteiger partial charge in [-0.2, -0.15) is 0 Å². The summed E-state index contributed by atoms with van der Waals surface area (Å²) in [7, 11) is 1.26. The molecule has 0 atom stereocenters. The van der Waals surface area contributed by atoms with Gasteiger partial charge in [0.2, 0.25) is 0 Å². The number of rotatable bonds is 4. The Bertz CT molecular complexity index is 772. The molecule has 0 aromatic heterocycles. The fourth-order valence-electron chi connectivity index (χ4n) is 1.71. The molecule has 0 aliphatic rings. The van der Waals surface area contributed by atoms with Crippen molar-refractivity contribution in [2.24, 2.45) is 0 Å². The summed E-state index contributed by atoms with van der Waals surface area (Å²) in [6.45, 7) is 0. The molecular weight excluding hydrogens is 370 g/mol. The number of carbonyl (C=O) groups is 2. The van der Waals surface area contributed by atoms with Crippen molar-refractivity contribution in [2.75, 3.05) is 7.11 Å². The van der Waals surface area contributed by atoms with Crippen LogP contribution in [0.3, 0.4) is 0 Å². The van der Waals surface area contributed by atoms with Gasteiger partial charge in [0, 0.05) is 12.1 Å². The molecule has 2 aromatic rings. The van der Waals surface area contributed by atoms with Crippen LogP contribution in [0.25, 0.3) is 0 Å². The molecule has 7 nitrogen and oxygen atoms in total. The van der Waals surface area contributed by atoms with E-state index in [9.17, 15) is 19.7 Å². The first-order valence-electron chi connectivity index (χ1n) is 6.27. The zero-order valence-corrected chi connectivity index (χ0v) is 13.4. The maximum absolute atomic E-state index is 12.0. The summed E-state index contributed by atoms with van der Waals surface area (Å²) in [6, 6.07) is 9.39. The monoisotopic (exact) mass is 379 g/mol. The minimum absolute atomic E-state index is 0.120. The average Bonchev–Trinajstić information content (AvgIpc) is 2.55. The van der Waals surface area contributed by atoms with Crippen molar-refractivity contribution in [1.82, 2.24) is 0 Å². The lowest BCUT2D eigenvalue weighted by Gasteiger charge is -2.07. The molecule has 0 bridgehead atoms. The molecule has 0 fully saturated rings. The predicted octanol–water partition coefficient (Wildman–Crippen LogP) is 3.36. The normalized spacial score (nSPS) is 10.0. The highest BCUT2D eigenvalue weighted by Gasteiger charge is 2.15. The van der Waals surface area contributed by atoms with E-state index in [1.807, 2.05) is 0 Å². The van der Waals surface area contributed by atoms with Crippen LogP contribution in [0.1, 0.15) is 20.7 Å². The van der Waals surface area contributed by atoms with Crippen LogP contribution in [0.5, 0.6) is 5.75 Å². The van der Waals surface area contributed by atoms with Gasteiger partial charge in [-0.15, -0.1) is 0 Å². The lowest BCUT2D eigenvalue weighted by molar-refractivity contribution is -0.384. The first-order chi connectivity index (χ1) is 10.9. The highest BCUT2D eigenvalue weighted by Crippen LogP contribution is 2.27. The van der Waals surface area contributed by atoms with E-state index in [0.717, 1.165) is 0 Å². The number of nitrogens with zero attached hydrogens (tertiary/aromatic N) is 1. The van der Waals surface area contributed by atoms with Crippen LogP contribution in [0.2, 0.25) is 0 Å². The van der Waals surface area contributed by atoms with Gasteiger partial charge in [0.1, 0.15) is 5.75 Å². The summed E-state index contributed by atoms with van der Waals surface area (Å²) in [4.78, 5) is 33.4. The van der Waals surface area contributed by atoms with Crippen molar-refractivity contribution in [2.45, 2.75) is 0 Å². The van der Waals surface area contributed by atoms with Crippen molar-refractivity contribution in [3.63, 3.8) is 0 Å². The number of halogens is 1. The average molecular weight is 380 g/mol. The van der Waals surface area contributed by atoms with Gasteiger partial charge in [0.15, 0.2) is 0 Å². The van der Waals surface area contributed by atoms with Crippen molar-refractivity contribution in [1.29, 1.82) is 0 Å². The second kappa shape index (κ2) is 7.01. The molecule has 0 aliphatic carbocycles. The fraction of sp³-hybridized carbons (Fsp3) is 0.0667. The highest BCUT2D eigenvalue weighted by atomic mass is 79.9. The molecule has 0 amide bonds. The summed E-state index contributed by atoms with van der Waals surface area (Å²) < 4.78 is 10.2. The Hall–Kier alpha value is -2.74. The molecule has 0 aliphatic heterocycles. The number of non-ortho nitro benzene ring substituents is 1. The lowest BCUT2D eigenvalue weighted by atomic mass is 10.2. The van der Waals surface area contributed by atoms with E-state index in [4.69, 9.17) is 4.74 Å². The SMILES string of the molecule is COC(=O)c1ccc(OC(=O)c2ccc([N+](=O)[O-])cc2)c(Br)c1. The van der Waals surface area contributed by atoms with E-state index in [1.165, 1.54) is 49.6 Å². The van der Waals surface area contributed by atoms with Crippen LogP contribution in [-0.4, -0.2) is 24.0 Å². The first kappa shape index (κ1) is 16.6. The fourth-order valence-corrected chi connectivity index (χ4v) is 2.17. The standard InChI is InChI=1S/C15H10BrNO6/c1-22-14(18)10-4-7-13(12(16)8-10)23-15(19)9-2-5-11(6-3-9)17(20)21/h2-8H,1H3. The van der Waals surface area contributed by atoms with Gasteiger partial charge in [-0.25, -0.2) is 9.59 Å². The predicted molar refractivity (Wildman–Crippen MR) is 83.5 cm³/mol. The third-order valence-corrected chi connectivity index (χ3v) is 3.49. The van der Waals surface area contributed by atoms with Crippen LogP contribution >= 0.6 is 15.9 Å². The molecule has 8 heteroatoms. The van der Waals surface area contributed by atoms with Gasteiger partial charge in [-0.05, 0) is 46.3 Å². The minimum Gasteiger partial charge on any atom is -0.465 e. The zero-order valence-electron chi connectivity index (χ0n) is 11.8. The number of carbonyl (C=O) groups excluding carboxylic acids is 2. The number of ether oxygens (including phenoxy) is 2. The smallest absolute Gasteiger partial charge is 0.343 e. The van der Waals surface area contributed by atoms with E-state index >= 15 is 0 Å². The molecule has 2 rings (SSSR count). The molecule has 118 valence electrons. The van der Waals surface area contributed by atoms with Crippen molar-refractivity contribution < 1.29 is 24.0 Å². The van der Waals surface area contributed by atoms with E-state index in [2.05, 4.69) is 20.7 Å². The maximum atomic E-state index is 12.0. The van der Waals surface area contributed by atoms with E-state index in [1.54, 1.807) is 0 Å². The number of esters is 2. The maximum Gasteiger partial charge on any atom is 0.343 e. The highest BCUT2D eigenvalue weighted by molar-refractivity contribution is 9.10. The van der Waals surface area contributed by atoms with Gasteiger partial charge < -0.3 is 9.47 Å². The number of hydrogen-bond donors (Lipinski definition) is 0. The molecule has 0 N–H and O–H groups in total. The summed E-state index contributed by atoms with van der Waals surface area (Å²) in [5, 5.41) is 10.6. The van der Waals surface area contributed by atoms with Crippen LogP contribution in [-0.2, 0) is 4.74 Å². The molecule has 0 unspecified atom stereocenters. The molecule has 0 spiro atoms. The number of nitro groups is 1. The third kappa shape index (κ3) is 3.92. The minimum atomic E-state index is -0.675. The molecular formula is C15H10BrNO6. The van der Waals surface area contributed by atoms with Crippen molar-refractivity contribution in [3.8, 4) is 5.75 Å². The Morgan fingerprint density at radius 2 is 1.65 bits per heavy atom. The van der Waals surface area contributed by atoms with Crippen LogP contribution < -0.4 is 4.74 Å². The molecule has 0 saturated carbocycles. The first-order valence-corrected chi connectivity index (χ1v) is 7.06. The Labute approximate surface area is 139 Å². The Kier molecular flexibility index (Phi) is 5.07. The van der Waals surface area contributed by atoms with E-state index in [-0.39, 0.29) is 17.0 Å². The third-order valence-electron chi connectivity index (χ3n) is 2.87. The van der Waals surface area contributed by atoms with Crippen molar-refractivity contribution in [3.05, 3.63) is 68.2 Å². The van der Waals surface area contributed by atoms with Crippen molar-refractivity contribution >= 4 is 33.6 Å². The van der Waals surface area contributed by atoms with Crippen LogP contribution in [0, 0.1) is 10.1 Å². The van der Waals surface area contributed by atoms with Gasteiger partial charge in [0.25, 0.3) is 5.69 Å². The Balaban J connectivity index is 2.16. The van der Waals surface area contributed by atoms with Crippen LogP contribution in [0.4, 0.5) is 5.69 Å². The number of benzene rings is 2. The van der Waals surface area contributed by atoms with Gasteiger partial charge >= 0.3 is 11.9 Å². The zero-order chi connectivity index (χ0) is 17.0. The summed E-state index contributed by atoms with van der Waals surface area (Å²) >= 11 is 3.20. The second-order valence-corrected chi connectivity index (χ2v) is 5.18. The second-order valence-electron chi connectivity index (χ2n) is 4.33. The quantitative estimate of drug-likeness (QED) is 0.349. The van der Waals surface area contributed by atoms with Gasteiger partial charge in [-0.3, -0.25) is 10.1 Å². The molecule has 0 heterocycles. The Morgan fingerprint density at radius 3 is 2.17 bits per heavy atom. The number of hydrogen-bond acceptors (Lipinski definition) is 6. The van der Waals surface area contributed by atoms with E-state index < -0.39 is 16.9 Å². The summed E-state index contributed by atoms with van der Waals surface area (Å²) in [5.41, 5.74) is 0.346.